The van der Waals surface area contributed by atoms with Crippen LogP contribution >= 0.6 is 0 Å². The minimum absolute atomic E-state index is 0.000277. The summed E-state index contributed by atoms with van der Waals surface area (Å²) in [5, 5.41) is 23.9. The van der Waals surface area contributed by atoms with Crippen LogP contribution in [0.1, 0.15) is 121 Å². The highest BCUT2D eigenvalue weighted by molar-refractivity contribution is 5.70. The molecule has 0 radical (unpaired) electrons. The summed E-state index contributed by atoms with van der Waals surface area (Å²) >= 11 is 0. The fourth-order valence-corrected chi connectivity index (χ4v) is 10.2. The van der Waals surface area contributed by atoms with E-state index in [1.54, 1.807) is 21.0 Å². The smallest absolute Gasteiger partial charge is 0.308 e. The summed E-state index contributed by atoms with van der Waals surface area (Å²) < 4.78 is 64.0. The van der Waals surface area contributed by atoms with Gasteiger partial charge in [-0.15, -0.1) is 0 Å². The maximum absolute atomic E-state index is 13.5. The predicted molar refractivity (Wildman–Crippen MR) is 249 cm³/mol. The second kappa shape index (κ2) is 26.2. The van der Waals surface area contributed by atoms with Crippen LogP contribution in [0.25, 0.3) is 0 Å². The Balaban J connectivity index is 1.65. The van der Waals surface area contributed by atoms with Gasteiger partial charge in [0.1, 0.15) is 30.0 Å². The van der Waals surface area contributed by atoms with E-state index in [0.717, 1.165) is 12.8 Å². The van der Waals surface area contributed by atoms with E-state index >= 15 is 0 Å². The third-order valence-electron chi connectivity index (χ3n) is 13.7. The summed E-state index contributed by atoms with van der Waals surface area (Å²) in [5.74, 6) is -0.952. The zero-order valence-corrected chi connectivity index (χ0v) is 42.8. The number of rotatable bonds is 15. The zero-order valence-electron chi connectivity index (χ0n) is 42.8. The number of carbonyl (C=O) groups excluding carboxylic acids is 2. The van der Waals surface area contributed by atoms with Crippen LogP contribution in [0.3, 0.4) is 0 Å². The molecule has 4 aliphatic heterocycles. The standard InChI is InChI=1S/C50H88N2O14/c1-16-35-26-30(5)37(63-41-24-23-36(51(11)12)32(7)60-41)22-20-18-19-21-31(6)59-40(54)27-38(58-17-2)47(57-15)46(35)66-49-44(55)43(52(13)14)45(33(8)62-49)65-42-28-50(10,56)48(34(9)61-42)64-39(53)25-29(3)4/h18-20,22,29-38,41-49,55-56H,16-17,21,23-28H2,1-15H3/b19-18+,22-20+/t30?,31?,32-,33-,34+,35?,36+,37?,38?,41?,42-,43-,44-,45?,46?,47?,48+,49+,50-/m1/s1. The lowest BCUT2D eigenvalue weighted by molar-refractivity contribution is -0.344. The van der Waals surface area contributed by atoms with Crippen molar-refractivity contribution in [3.05, 3.63) is 24.3 Å². The number of hydrogen-bond donors (Lipinski definition) is 2. The minimum atomic E-state index is -1.45. The molecule has 4 rings (SSSR count). The molecule has 3 saturated heterocycles. The number of nitrogens with zero attached hydrogens (tertiary/aromatic N) is 2. The summed E-state index contributed by atoms with van der Waals surface area (Å²) in [4.78, 5) is 30.2. The Bertz CT molecular complexity index is 1530. The van der Waals surface area contributed by atoms with Gasteiger partial charge in [-0.2, -0.15) is 0 Å². The van der Waals surface area contributed by atoms with E-state index < -0.39 is 85.0 Å². The molecule has 66 heavy (non-hydrogen) atoms. The number of hydrogen-bond acceptors (Lipinski definition) is 16. The van der Waals surface area contributed by atoms with Crippen molar-refractivity contribution in [2.75, 3.05) is 41.9 Å². The zero-order chi connectivity index (χ0) is 49.0. The number of aliphatic hydroxyl groups is 2. The number of carbonyl (C=O) groups is 2. The number of aliphatic hydroxyl groups excluding tert-OH is 1. The van der Waals surface area contributed by atoms with E-state index in [-0.39, 0.29) is 61.6 Å². The lowest BCUT2D eigenvalue weighted by Gasteiger charge is -2.50. The monoisotopic (exact) mass is 941 g/mol. The first-order chi connectivity index (χ1) is 31.1. The number of cyclic esters (lactones) is 1. The van der Waals surface area contributed by atoms with Crippen molar-refractivity contribution in [1.29, 1.82) is 0 Å². The number of methoxy groups -OCH3 is 1. The normalized spacial score (nSPS) is 42.3. The highest BCUT2D eigenvalue weighted by Gasteiger charge is 2.53. The van der Waals surface area contributed by atoms with E-state index in [2.05, 4.69) is 45.8 Å². The molecule has 19 atom stereocenters. The second-order valence-corrected chi connectivity index (χ2v) is 20.3. The Kier molecular flexibility index (Phi) is 22.5. The molecular weight excluding hydrogens is 853 g/mol. The van der Waals surface area contributed by atoms with Gasteiger partial charge in [0.25, 0.3) is 0 Å². The molecule has 2 N–H and O–H groups in total. The van der Waals surface area contributed by atoms with Crippen LogP contribution in [0, 0.1) is 17.8 Å². The summed E-state index contributed by atoms with van der Waals surface area (Å²) in [6, 6.07) is -0.356. The average Bonchev–Trinajstić information content (AvgIpc) is 3.21. The molecule has 4 aliphatic rings. The summed E-state index contributed by atoms with van der Waals surface area (Å²) in [5.41, 5.74) is -1.45. The van der Waals surface area contributed by atoms with Gasteiger partial charge in [-0.3, -0.25) is 9.59 Å². The van der Waals surface area contributed by atoms with Crippen molar-refractivity contribution in [2.45, 2.75) is 224 Å². The third kappa shape index (κ3) is 15.7. The third-order valence-corrected chi connectivity index (χ3v) is 13.7. The van der Waals surface area contributed by atoms with Gasteiger partial charge < -0.3 is 67.4 Å². The number of ether oxygens (including phenoxy) is 10. The van der Waals surface area contributed by atoms with E-state index in [1.165, 1.54) is 0 Å². The van der Waals surface area contributed by atoms with Crippen molar-refractivity contribution >= 4 is 11.9 Å². The molecule has 0 aliphatic carbocycles. The topological polar surface area (TPSA) is 173 Å². The van der Waals surface area contributed by atoms with Crippen LogP contribution in [0.2, 0.25) is 0 Å². The molecule has 0 aromatic carbocycles. The lowest BCUT2D eigenvalue weighted by atomic mass is 9.82. The Morgan fingerprint density at radius 2 is 1.59 bits per heavy atom. The van der Waals surface area contributed by atoms with Crippen LogP contribution in [0.15, 0.2) is 24.3 Å². The number of likely N-dealkylation sites (N-methyl/N-ethyl adjacent to an activating group) is 2. The molecule has 0 saturated carbocycles. The molecular formula is C50H88N2O14. The Morgan fingerprint density at radius 3 is 2.18 bits per heavy atom. The highest BCUT2D eigenvalue weighted by Crippen LogP contribution is 2.38. The largest absolute Gasteiger partial charge is 0.462 e. The lowest BCUT2D eigenvalue weighted by Crippen LogP contribution is -2.66. The second-order valence-electron chi connectivity index (χ2n) is 20.3. The van der Waals surface area contributed by atoms with Gasteiger partial charge in [0, 0.05) is 39.0 Å². The molecule has 0 aromatic heterocycles. The van der Waals surface area contributed by atoms with Crippen LogP contribution in [-0.2, 0) is 57.0 Å². The van der Waals surface area contributed by atoms with E-state index in [1.807, 2.05) is 71.8 Å². The number of esters is 2. The van der Waals surface area contributed by atoms with Gasteiger partial charge in [-0.25, -0.2) is 0 Å². The quantitative estimate of drug-likeness (QED) is 0.189. The molecule has 16 nitrogen and oxygen atoms in total. The first-order valence-electron chi connectivity index (χ1n) is 24.6. The molecule has 4 heterocycles. The molecule has 0 spiro atoms. The fourth-order valence-electron chi connectivity index (χ4n) is 10.2. The van der Waals surface area contributed by atoms with E-state index in [0.29, 0.717) is 31.9 Å². The molecule has 0 aromatic rings. The molecule has 3 fully saturated rings. The average molecular weight is 941 g/mol. The first-order valence-corrected chi connectivity index (χ1v) is 24.6. The van der Waals surface area contributed by atoms with Crippen molar-refractivity contribution in [3.63, 3.8) is 0 Å². The van der Waals surface area contributed by atoms with Gasteiger partial charge >= 0.3 is 11.9 Å². The Morgan fingerprint density at radius 1 is 0.894 bits per heavy atom. The van der Waals surface area contributed by atoms with Crippen molar-refractivity contribution in [3.8, 4) is 0 Å². The number of allylic oxidation sites excluding steroid dienone is 2. The summed E-state index contributed by atoms with van der Waals surface area (Å²) in [6.07, 6.45) is 2.10. The summed E-state index contributed by atoms with van der Waals surface area (Å²) in [7, 11) is 9.44. The molecule has 9 unspecified atom stereocenters. The Hall–Kier alpha value is -2.06. The van der Waals surface area contributed by atoms with Crippen LogP contribution < -0.4 is 0 Å². The summed E-state index contributed by atoms with van der Waals surface area (Å²) in [6.45, 7) is 19.5. The van der Waals surface area contributed by atoms with Crippen molar-refractivity contribution in [1.82, 2.24) is 9.80 Å². The minimum Gasteiger partial charge on any atom is -0.462 e. The Labute approximate surface area is 396 Å². The molecule has 0 amide bonds. The van der Waals surface area contributed by atoms with Gasteiger partial charge in [-0.05, 0) is 107 Å². The van der Waals surface area contributed by atoms with Crippen LogP contribution in [0.5, 0.6) is 0 Å². The van der Waals surface area contributed by atoms with Gasteiger partial charge in [0.15, 0.2) is 25.0 Å². The van der Waals surface area contributed by atoms with Gasteiger partial charge in [0.2, 0.25) is 0 Å². The maximum atomic E-state index is 13.5. The molecule has 382 valence electrons. The van der Waals surface area contributed by atoms with Gasteiger partial charge in [0.05, 0.1) is 49.1 Å². The predicted octanol–water partition coefficient (Wildman–Crippen LogP) is 5.79. The molecule has 0 bridgehead atoms. The van der Waals surface area contributed by atoms with Crippen molar-refractivity contribution < 1.29 is 67.2 Å². The maximum Gasteiger partial charge on any atom is 0.308 e. The SMILES string of the molecule is CCOC1CC(=O)OC(C)C/C=C/C=C/C(OC2CC[C@H](N(C)C)[C@@H](C)O2)C(C)CC(CC)C(O[C@@H]2O[C@H](C)C(O[C@@H]3C[C@@](C)(O)[C@@H](OC(=O)CC(C)C)[C@H](C)O3)[C@H](N(C)C)[C@H]2O)C1OC. The van der Waals surface area contributed by atoms with E-state index in [9.17, 15) is 19.8 Å². The fraction of sp³-hybridized carbons (Fsp3) is 0.880. The van der Waals surface area contributed by atoms with Crippen LogP contribution in [0.4, 0.5) is 0 Å². The van der Waals surface area contributed by atoms with Gasteiger partial charge in [-0.1, -0.05) is 58.4 Å². The van der Waals surface area contributed by atoms with E-state index in [4.69, 9.17) is 47.4 Å². The molecule has 16 heteroatoms. The van der Waals surface area contributed by atoms with Crippen molar-refractivity contribution in [2.24, 2.45) is 17.8 Å². The van der Waals surface area contributed by atoms with Crippen LogP contribution in [-0.4, -0.2) is 178 Å². The first kappa shape index (κ1) is 56.5. The highest BCUT2D eigenvalue weighted by atomic mass is 16.7.